The molecule has 1 saturated carbocycles. The largest absolute Gasteiger partial charge is 0.309 e. The number of rotatable bonds is 5. The number of aromatic nitrogens is 2. The minimum Gasteiger partial charge on any atom is -0.309 e. The fourth-order valence-corrected chi connectivity index (χ4v) is 4.00. The lowest BCUT2D eigenvalue weighted by Crippen LogP contribution is -2.57. The van der Waals surface area contributed by atoms with E-state index in [0.717, 1.165) is 13.1 Å². The van der Waals surface area contributed by atoms with Crippen molar-refractivity contribution in [1.82, 2.24) is 20.4 Å². The lowest BCUT2D eigenvalue weighted by atomic mass is 9.79. The molecular weight excluding hydrogens is 248 g/mol. The van der Waals surface area contributed by atoms with Gasteiger partial charge in [-0.3, -0.25) is 10.00 Å². The lowest BCUT2D eigenvalue weighted by Gasteiger charge is -2.48. The highest BCUT2D eigenvalue weighted by Crippen LogP contribution is 2.35. The fraction of sp³-hybridized carbons (Fsp3) is 0.812. The average molecular weight is 276 g/mol. The molecule has 1 aliphatic carbocycles. The summed E-state index contributed by atoms with van der Waals surface area (Å²) in [6, 6.07) is 2.06. The Hall–Kier alpha value is -0.870. The van der Waals surface area contributed by atoms with Crippen LogP contribution in [0.2, 0.25) is 0 Å². The average Bonchev–Trinajstić information content (AvgIpc) is 3.02. The van der Waals surface area contributed by atoms with E-state index in [1.54, 1.807) is 0 Å². The first-order chi connectivity index (χ1) is 9.89. The maximum Gasteiger partial charge on any atom is 0.0490 e. The molecule has 3 rings (SSSR count). The minimum absolute atomic E-state index is 0.429. The van der Waals surface area contributed by atoms with E-state index in [2.05, 4.69) is 26.5 Å². The van der Waals surface area contributed by atoms with Crippen LogP contribution in [0.1, 0.15) is 57.1 Å². The van der Waals surface area contributed by atoms with Crippen molar-refractivity contribution in [2.45, 2.75) is 63.5 Å². The zero-order valence-electron chi connectivity index (χ0n) is 12.5. The van der Waals surface area contributed by atoms with Crippen molar-refractivity contribution in [3.63, 3.8) is 0 Å². The molecule has 4 heteroatoms. The third-order valence-electron chi connectivity index (χ3n) is 5.14. The van der Waals surface area contributed by atoms with Gasteiger partial charge < -0.3 is 5.32 Å². The van der Waals surface area contributed by atoms with Gasteiger partial charge in [0, 0.05) is 30.5 Å². The van der Waals surface area contributed by atoms with Crippen molar-refractivity contribution in [2.24, 2.45) is 0 Å². The minimum atomic E-state index is 0.429. The van der Waals surface area contributed by atoms with Gasteiger partial charge in [0.25, 0.3) is 0 Å². The molecule has 0 radical (unpaired) electrons. The van der Waals surface area contributed by atoms with Crippen LogP contribution in [-0.4, -0.2) is 40.3 Å². The third kappa shape index (κ3) is 3.23. The van der Waals surface area contributed by atoms with Gasteiger partial charge in [-0.15, -0.1) is 0 Å². The lowest BCUT2D eigenvalue weighted by molar-refractivity contribution is 0.0332. The van der Waals surface area contributed by atoms with Crippen molar-refractivity contribution in [3.05, 3.63) is 18.0 Å². The summed E-state index contributed by atoms with van der Waals surface area (Å²) in [5, 5.41) is 10.7. The molecule has 0 aromatic carbocycles. The maximum atomic E-state index is 4.02. The second-order valence-corrected chi connectivity index (χ2v) is 6.52. The van der Waals surface area contributed by atoms with Crippen LogP contribution < -0.4 is 5.32 Å². The normalized spacial score (nSPS) is 23.8. The summed E-state index contributed by atoms with van der Waals surface area (Å²) in [6.07, 6.45) is 13.0. The Kier molecular flexibility index (Phi) is 4.73. The zero-order chi connectivity index (χ0) is 13.7. The van der Waals surface area contributed by atoms with Gasteiger partial charge in [-0.25, -0.2) is 0 Å². The predicted molar refractivity (Wildman–Crippen MR) is 81.5 cm³/mol. The standard InChI is InChI=1S/C16H28N4/c1-3-8-16(9-4-1,20-11-5-2-6-12-20)14-17-13-15-7-10-18-19-15/h7,10,17H,1-6,8-9,11-14H2,(H,18,19). The van der Waals surface area contributed by atoms with Crippen LogP contribution in [0.25, 0.3) is 0 Å². The van der Waals surface area contributed by atoms with Gasteiger partial charge in [0.1, 0.15) is 0 Å². The number of nitrogens with one attached hydrogen (secondary N) is 2. The Balaban J connectivity index is 1.59. The summed E-state index contributed by atoms with van der Waals surface area (Å²) in [4.78, 5) is 2.80. The van der Waals surface area contributed by atoms with Crippen LogP contribution >= 0.6 is 0 Å². The first-order valence-electron chi connectivity index (χ1n) is 8.33. The van der Waals surface area contributed by atoms with Crippen LogP contribution in [0.4, 0.5) is 0 Å². The highest BCUT2D eigenvalue weighted by atomic mass is 15.2. The number of H-pyrrole nitrogens is 1. The van der Waals surface area contributed by atoms with Gasteiger partial charge in [0.15, 0.2) is 0 Å². The van der Waals surface area contributed by atoms with E-state index in [1.165, 1.54) is 70.2 Å². The molecule has 1 saturated heterocycles. The van der Waals surface area contributed by atoms with E-state index in [4.69, 9.17) is 0 Å². The van der Waals surface area contributed by atoms with E-state index in [1.807, 2.05) is 6.20 Å². The molecule has 1 aliphatic heterocycles. The van der Waals surface area contributed by atoms with Crippen molar-refractivity contribution >= 4 is 0 Å². The summed E-state index contributed by atoms with van der Waals surface area (Å²) >= 11 is 0. The van der Waals surface area contributed by atoms with E-state index >= 15 is 0 Å². The summed E-state index contributed by atoms with van der Waals surface area (Å²) in [5.74, 6) is 0. The molecule has 2 heterocycles. The van der Waals surface area contributed by atoms with Crippen LogP contribution in [0, 0.1) is 0 Å². The quantitative estimate of drug-likeness (QED) is 0.869. The number of likely N-dealkylation sites (tertiary alicyclic amines) is 1. The van der Waals surface area contributed by atoms with Crippen molar-refractivity contribution < 1.29 is 0 Å². The van der Waals surface area contributed by atoms with Gasteiger partial charge in [-0.1, -0.05) is 25.7 Å². The number of nitrogens with zero attached hydrogens (tertiary/aromatic N) is 2. The molecule has 0 unspecified atom stereocenters. The SMILES string of the molecule is c1cc(CNCC2(N3CCCCC3)CCCCC2)[nH]n1. The van der Waals surface area contributed by atoms with Gasteiger partial charge in [0.2, 0.25) is 0 Å². The van der Waals surface area contributed by atoms with Gasteiger partial charge in [-0.05, 0) is 44.8 Å². The number of aromatic amines is 1. The molecular formula is C16H28N4. The second kappa shape index (κ2) is 6.72. The van der Waals surface area contributed by atoms with Crippen LogP contribution in [-0.2, 0) is 6.54 Å². The Morgan fingerprint density at radius 3 is 2.55 bits per heavy atom. The molecule has 0 atom stereocenters. The highest BCUT2D eigenvalue weighted by molar-refractivity contribution is 4.99. The zero-order valence-corrected chi connectivity index (χ0v) is 12.5. The van der Waals surface area contributed by atoms with Crippen LogP contribution in [0.15, 0.2) is 12.3 Å². The molecule has 112 valence electrons. The first-order valence-corrected chi connectivity index (χ1v) is 8.33. The first kappa shape index (κ1) is 14.1. The topological polar surface area (TPSA) is 44.0 Å². The molecule has 20 heavy (non-hydrogen) atoms. The smallest absolute Gasteiger partial charge is 0.0490 e. The molecule has 2 N–H and O–H groups in total. The van der Waals surface area contributed by atoms with Gasteiger partial charge in [-0.2, -0.15) is 5.10 Å². The Morgan fingerprint density at radius 1 is 1.10 bits per heavy atom. The molecule has 1 aromatic rings. The summed E-state index contributed by atoms with van der Waals surface area (Å²) < 4.78 is 0. The van der Waals surface area contributed by atoms with Gasteiger partial charge >= 0.3 is 0 Å². The van der Waals surface area contributed by atoms with Gasteiger partial charge in [0.05, 0.1) is 0 Å². The molecule has 1 aromatic heterocycles. The van der Waals surface area contributed by atoms with Crippen LogP contribution in [0.5, 0.6) is 0 Å². The molecule has 0 amide bonds. The Labute approximate surface area is 122 Å². The Bertz CT molecular complexity index is 375. The van der Waals surface area contributed by atoms with E-state index in [-0.39, 0.29) is 0 Å². The predicted octanol–water partition coefficient (Wildman–Crippen LogP) is 2.69. The molecule has 0 spiro atoms. The van der Waals surface area contributed by atoms with Crippen LogP contribution in [0.3, 0.4) is 0 Å². The molecule has 2 fully saturated rings. The fourth-order valence-electron chi connectivity index (χ4n) is 4.00. The number of hydrogen-bond acceptors (Lipinski definition) is 3. The molecule has 2 aliphatic rings. The molecule has 4 nitrogen and oxygen atoms in total. The second-order valence-electron chi connectivity index (χ2n) is 6.52. The monoisotopic (exact) mass is 276 g/mol. The number of piperidine rings is 1. The van der Waals surface area contributed by atoms with Crippen molar-refractivity contribution in [1.29, 1.82) is 0 Å². The van der Waals surface area contributed by atoms with E-state index < -0.39 is 0 Å². The van der Waals surface area contributed by atoms with E-state index in [0.29, 0.717) is 5.54 Å². The maximum absolute atomic E-state index is 4.02. The number of hydrogen-bond donors (Lipinski definition) is 2. The third-order valence-corrected chi connectivity index (χ3v) is 5.14. The summed E-state index contributed by atoms with van der Waals surface area (Å²) in [5.41, 5.74) is 1.62. The summed E-state index contributed by atoms with van der Waals surface area (Å²) in [7, 11) is 0. The highest BCUT2D eigenvalue weighted by Gasteiger charge is 2.37. The summed E-state index contributed by atoms with van der Waals surface area (Å²) in [6.45, 7) is 4.67. The van der Waals surface area contributed by atoms with E-state index in [9.17, 15) is 0 Å². The molecule has 0 bridgehead atoms. The Morgan fingerprint density at radius 2 is 1.85 bits per heavy atom. The van der Waals surface area contributed by atoms with Crippen molar-refractivity contribution in [3.8, 4) is 0 Å². The van der Waals surface area contributed by atoms with Crippen molar-refractivity contribution in [2.75, 3.05) is 19.6 Å².